The minimum absolute atomic E-state index is 0.0366. The molecule has 0 aromatic carbocycles. The predicted octanol–water partition coefficient (Wildman–Crippen LogP) is 0.368. The first kappa shape index (κ1) is 10.8. The van der Waals surface area contributed by atoms with Crippen molar-refractivity contribution in [3.05, 3.63) is 0 Å². The molecule has 2 amide bonds. The first-order valence-corrected chi connectivity index (χ1v) is 4.57. The van der Waals surface area contributed by atoms with Crippen LogP contribution in [0.5, 0.6) is 0 Å². The van der Waals surface area contributed by atoms with Crippen molar-refractivity contribution in [3.8, 4) is 0 Å². The summed E-state index contributed by atoms with van der Waals surface area (Å²) < 4.78 is 5.12. The minimum Gasteiger partial charge on any atom is -0.444 e. The molecule has 1 heterocycles. The van der Waals surface area contributed by atoms with E-state index in [2.05, 4.69) is 5.32 Å². The molecule has 1 radical (unpaired) electrons. The van der Waals surface area contributed by atoms with Crippen LogP contribution in [-0.4, -0.2) is 42.1 Å². The van der Waals surface area contributed by atoms with E-state index in [0.717, 1.165) is 0 Å². The summed E-state index contributed by atoms with van der Waals surface area (Å²) in [6.45, 7) is 6.25. The summed E-state index contributed by atoms with van der Waals surface area (Å²) in [6.07, 6.45) is -0.444. The Morgan fingerprint density at radius 2 is 2.14 bits per heavy atom. The largest absolute Gasteiger partial charge is 0.444 e. The Balaban J connectivity index is 2.48. The first-order chi connectivity index (χ1) is 6.38. The quantitative estimate of drug-likeness (QED) is 0.566. The van der Waals surface area contributed by atoms with Gasteiger partial charge < -0.3 is 4.74 Å². The Kier molecular flexibility index (Phi) is 2.98. The molecule has 1 aliphatic rings. The van der Waals surface area contributed by atoms with Crippen LogP contribution in [0, 0.1) is 0 Å². The Labute approximate surface area is 83.4 Å². The molecule has 0 unspecified atom stereocenters. The van der Waals surface area contributed by atoms with Gasteiger partial charge in [-0.25, -0.2) is 10.1 Å². The zero-order valence-electron chi connectivity index (χ0n) is 8.74. The molecule has 5 heteroatoms. The van der Waals surface area contributed by atoms with Crippen molar-refractivity contribution >= 4 is 12.0 Å². The fraction of sp³-hybridized carbons (Fsp3) is 0.778. The molecule has 0 aliphatic carbocycles. The highest BCUT2D eigenvalue weighted by molar-refractivity contribution is 5.83. The molecule has 1 rings (SSSR count). The maximum atomic E-state index is 11.5. The molecule has 14 heavy (non-hydrogen) atoms. The number of rotatable bonds is 0. The Hall–Kier alpha value is -1.26. The predicted molar refractivity (Wildman–Crippen MR) is 49.8 cm³/mol. The molecule has 5 nitrogen and oxygen atoms in total. The lowest BCUT2D eigenvalue weighted by Gasteiger charge is -2.28. The monoisotopic (exact) mass is 199 g/mol. The van der Waals surface area contributed by atoms with Gasteiger partial charge in [0.15, 0.2) is 0 Å². The second-order valence-corrected chi connectivity index (χ2v) is 4.18. The van der Waals surface area contributed by atoms with Gasteiger partial charge in [0, 0.05) is 6.54 Å². The highest BCUT2D eigenvalue weighted by Gasteiger charge is 2.26. The molecule has 0 N–H and O–H groups in total. The van der Waals surface area contributed by atoms with Crippen molar-refractivity contribution in [1.29, 1.82) is 0 Å². The molecule has 1 saturated heterocycles. The second-order valence-electron chi connectivity index (χ2n) is 4.18. The summed E-state index contributed by atoms with van der Waals surface area (Å²) in [5.74, 6) is -0.262. The maximum Gasteiger partial charge on any atom is 0.410 e. The zero-order chi connectivity index (χ0) is 10.8. The number of nitrogens with zero attached hydrogens (tertiary/aromatic N) is 2. The van der Waals surface area contributed by atoms with E-state index < -0.39 is 11.7 Å². The van der Waals surface area contributed by atoms with Crippen LogP contribution in [-0.2, 0) is 9.53 Å². The molecule has 1 fully saturated rings. The molecular weight excluding hydrogens is 184 g/mol. The third kappa shape index (κ3) is 3.24. The second kappa shape index (κ2) is 3.86. The molecule has 0 aromatic heterocycles. The molecule has 0 spiro atoms. The third-order valence-electron chi connectivity index (χ3n) is 1.64. The average Bonchev–Trinajstić information content (AvgIpc) is 2.01. The van der Waals surface area contributed by atoms with E-state index in [1.54, 1.807) is 20.8 Å². The van der Waals surface area contributed by atoms with Gasteiger partial charge in [0.2, 0.25) is 0 Å². The van der Waals surface area contributed by atoms with E-state index in [9.17, 15) is 9.59 Å². The van der Waals surface area contributed by atoms with E-state index in [1.165, 1.54) is 4.90 Å². The van der Waals surface area contributed by atoms with Crippen molar-refractivity contribution in [2.24, 2.45) is 0 Å². The fourth-order valence-corrected chi connectivity index (χ4v) is 1.07. The molecular formula is C9H15N2O3. The van der Waals surface area contributed by atoms with Gasteiger partial charge >= 0.3 is 6.09 Å². The van der Waals surface area contributed by atoms with Gasteiger partial charge in [0.25, 0.3) is 5.91 Å². The van der Waals surface area contributed by atoms with Crippen LogP contribution >= 0.6 is 0 Å². The number of carbonyl (C=O) groups excluding carboxylic acids is 2. The number of hydrogen-bond acceptors (Lipinski definition) is 3. The average molecular weight is 199 g/mol. The number of ether oxygens (including phenoxy) is 1. The first-order valence-electron chi connectivity index (χ1n) is 4.57. The number of carbonyl (C=O) groups is 2. The molecule has 0 atom stereocenters. The summed E-state index contributed by atoms with van der Waals surface area (Å²) in [5, 5.41) is 3.67. The third-order valence-corrected chi connectivity index (χ3v) is 1.64. The highest BCUT2D eigenvalue weighted by Crippen LogP contribution is 2.10. The van der Waals surface area contributed by atoms with Crippen LogP contribution < -0.4 is 5.32 Å². The summed E-state index contributed by atoms with van der Waals surface area (Å²) in [4.78, 5) is 23.8. The lowest BCUT2D eigenvalue weighted by atomic mass is 10.2. The van der Waals surface area contributed by atoms with Gasteiger partial charge in [-0.2, -0.15) is 0 Å². The van der Waals surface area contributed by atoms with Crippen molar-refractivity contribution in [3.63, 3.8) is 0 Å². The van der Waals surface area contributed by atoms with Crippen LogP contribution in [0.3, 0.4) is 0 Å². The molecule has 0 saturated carbocycles. The summed E-state index contributed by atoms with van der Waals surface area (Å²) in [7, 11) is 0. The lowest BCUT2D eigenvalue weighted by molar-refractivity contribution is -0.124. The number of hydrogen-bond donors (Lipinski definition) is 0. The van der Waals surface area contributed by atoms with E-state index >= 15 is 0 Å². The Morgan fingerprint density at radius 3 is 2.64 bits per heavy atom. The van der Waals surface area contributed by atoms with Crippen LogP contribution in [0.25, 0.3) is 0 Å². The summed E-state index contributed by atoms with van der Waals surface area (Å²) in [6, 6.07) is 0. The minimum atomic E-state index is -0.519. The normalized spacial score (nSPS) is 17.6. The summed E-state index contributed by atoms with van der Waals surface area (Å²) >= 11 is 0. The smallest absolute Gasteiger partial charge is 0.410 e. The van der Waals surface area contributed by atoms with Gasteiger partial charge in [-0.05, 0) is 20.8 Å². The van der Waals surface area contributed by atoms with Crippen molar-refractivity contribution < 1.29 is 14.3 Å². The van der Waals surface area contributed by atoms with Gasteiger partial charge in [-0.15, -0.1) is 0 Å². The Bertz CT molecular complexity index is 245. The number of amides is 2. The molecule has 79 valence electrons. The van der Waals surface area contributed by atoms with Crippen molar-refractivity contribution in [2.45, 2.75) is 26.4 Å². The SMILES string of the molecule is CC(C)(C)OC(=O)N1CC[N]C(=O)C1. The molecule has 0 aromatic rings. The van der Waals surface area contributed by atoms with Gasteiger partial charge in [-0.1, -0.05) is 0 Å². The van der Waals surface area contributed by atoms with E-state index in [1.807, 2.05) is 0 Å². The van der Waals surface area contributed by atoms with Crippen LogP contribution in [0.15, 0.2) is 0 Å². The van der Waals surface area contributed by atoms with E-state index in [0.29, 0.717) is 13.1 Å². The zero-order valence-corrected chi connectivity index (χ0v) is 8.74. The maximum absolute atomic E-state index is 11.5. The van der Waals surface area contributed by atoms with Gasteiger partial charge in [0.1, 0.15) is 12.1 Å². The van der Waals surface area contributed by atoms with Crippen molar-refractivity contribution in [1.82, 2.24) is 10.2 Å². The Morgan fingerprint density at radius 1 is 1.50 bits per heavy atom. The van der Waals surface area contributed by atoms with Crippen LogP contribution in [0.2, 0.25) is 0 Å². The fourth-order valence-electron chi connectivity index (χ4n) is 1.07. The topological polar surface area (TPSA) is 60.7 Å². The summed E-state index contributed by atoms with van der Waals surface area (Å²) in [5.41, 5.74) is -0.519. The molecule has 0 bridgehead atoms. The number of piperazine rings is 1. The highest BCUT2D eigenvalue weighted by atomic mass is 16.6. The molecule has 1 aliphatic heterocycles. The van der Waals surface area contributed by atoms with E-state index in [-0.39, 0.29) is 12.5 Å². The van der Waals surface area contributed by atoms with Gasteiger partial charge in [0.05, 0.1) is 6.54 Å². The lowest BCUT2D eigenvalue weighted by Crippen LogP contribution is -2.48. The van der Waals surface area contributed by atoms with Crippen molar-refractivity contribution in [2.75, 3.05) is 19.6 Å². The van der Waals surface area contributed by atoms with Gasteiger partial charge in [-0.3, -0.25) is 9.69 Å². The van der Waals surface area contributed by atoms with E-state index in [4.69, 9.17) is 4.74 Å². The van der Waals surface area contributed by atoms with Crippen LogP contribution in [0.4, 0.5) is 4.79 Å². The van der Waals surface area contributed by atoms with Crippen LogP contribution in [0.1, 0.15) is 20.8 Å². The standard InChI is InChI=1S/C9H15N2O3/c1-9(2,3)14-8(13)11-5-4-10-7(12)6-11/h4-6H2,1-3H3.